The molecule has 0 aromatic carbocycles. The fraction of sp³-hybridized carbons (Fsp3) is 1.00. The molecule has 0 rings (SSSR count). The van der Waals surface area contributed by atoms with Crippen molar-refractivity contribution < 1.29 is 0 Å². The first-order valence-electron chi connectivity index (χ1n) is 3.30. The first kappa shape index (κ1) is 11.2. The number of hydrogen-bond acceptors (Lipinski definition) is 1. The Kier molecular flexibility index (Phi) is 6.48. The van der Waals surface area contributed by atoms with E-state index in [4.69, 9.17) is 34.3 Å². The van der Waals surface area contributed by atoms with Gasteiger partial charge in [-0.2, -0.15) is 0 Å². The SMILES string of the molecule is CCCCCNP(=S)(Cl)Cl. The summed E-state index contributed by atoms with van der Waals surface area (Å²) >= 11 is 16.0. The van der Waals surface area contributed by atoms with E-state index in [1.807, 2.05) is 0 Å². The zero-order valence-electron chi connectivity index (χ0n) is 5.94. The first-order chi connectivity index (χ1) is 4.56. The second kappa shape index (κ2) is 5.79. The second-order valence-electron chi connectivity index (χ2n) is 2.08. The minimum atomic E-state index is -2.18. The Hall–Kier alpha value is 1.19. The maximum atomic E-state index is 5.59. The van der Waals surface area contributed by atoms with E-state index in [1.54, 1.807) is 0 Å². The summed E-state index contributed by atoms with van der Waals surface area (Å²) in [5, 5.41) is 2.91. The average molecular weight is 220 g/mol. The van der Waals surface area contributed by atoms with Crippen LogP contribution in [0.25, 0.3) is 0 Å². The highest BCUT2D eigenvalue weighted by molar-refractivity contribution is 8.38. The molecule has 1 N–H and O–H groups in total. The molecule has 0 aliphatic rings. The molecule has 1 nitrogen and oxygen atoms in total. The van der Waals surface area contributed by atoms with Crippen LogP contribution in [0, 0.1) is 0 Å². The van der Waals surface area contributed by atoms with E-state index in [1.165, 1.54) is 12.8 Å². The molecule has 0 aromatic rings. The number of nitrogens with one attached hydrogen (secondary N) is 1. The Morgan fingerprint density at radius 3 is 2.40 bits per heavy atom. The minimum Gasteiger partial charge on any atom is -0.265 e. The summed E-state index contributed by atoms with van der Waals surface area (Å²) in [5.74, 6) is 0. The van der Waals surface area contributed by atoms with Crippen LogP contribution in [-0.4, -0.2) is 6.54 Å². The van der Waals surface area contributed by atoms with Gasteiger partial charge in [0.1, 0.15) is 0 Å². The molecule has 0 aliphatic carbocycles. The molecule has 0 fully saturated rings. The molecule has 10 heavy (non-hydrogen) atoms. The maximum Gasteiger partial charge on any atom is 0.181 e. The number of halogens is 2. The summed E-state index contributed by atoms with van der Waals surface area (Å²) in [6, 6.07) is 0. The smallest absolute Gasteiger partial charge is 0.181 e. The molecule has 0 heterocycles. The standard InChI is InChI=1S/C5H12Cl2NPS/c1-2-3-4-5-8-9(6,7)10/h2-5H2,1H3,(H,8,10). The Balaban J connectivity index is 3.13. The molecule has 62 valence electrons. The zero-order valence-corrected chi connectivity index (χ0v) is 9.16. The van der Waals surface area contributed by atoms with Crippen LogP contribution >= 0.6 is 27.4 Å². The lowest BCUT2D eigenvalue weighted by molar-refractivity contribution is 0.708. The van der Waals surface area contributed by atoms with Gasteiger partial charge in [-0.15, -0.1) is 0 Å². The highest BCUT2D eigenvalue weighted by atomic mass is 35.9. The van der Waals surface area contributed by atoms with E-state index < -0.39 is 4.89 Å². The van der Waals surface area contributed by atoms with E-state index in [0.717, 1.165) is 13.0 Å². The van der Waals surface area contributed by atoms with Crippen molar-refractivity contribution >= 4 is 39.2 Å². The monoisotopic (exact) mass is 219 g/mol. The van der Waals surface area contributed by atoms with Crippen LogP contribution in [0.15, 0.2) is 0 Å². The Labute approximate surface area is 77.1 Å². The van der Waals surface area contributed by atoms with Crippen molar-refractivity contribution in [3.05, 3.63) is 0 Å². The third kappa shape index (κ3) is 9.19. The van der Waals surface area contributed by atoms with E-state index in [9.17, 15) is 0 Å². The Morgan fingerprint density at radius 2 is 2.00 bits per heavy atom. The molecular weight excluding hydrogens is 208 g/mol. The fourth-order valence-corrected chi connectivity index (χ4v) is 1.78. The summed E-state index contributed by atoms with van der Waals surface area (Å²) < 4.78 is 0. The van der Waals surface area contributed by atoms with Crippen LogP contribution in [-0.2, 0) is 11.8 Å². The number of rotatable bonds is 5. The van der Waals surface area contributed by atoms with Gasteiger partial charge in [0.15, 0.2) is 4.89 Å². The first-order valence-corrected chi connectivity index (χ1v) is 7.92. The third-order valence-electron chi connectivity index (χ3n) is 1.08. The second-order valence-corrected chi connectivity index (χ2v) is 9.73. The summed E-state index contributed by atoms with van der Waals surface area (Å²) in [6.45, 7) is 3.00. The zero-order chi connectivity index (χ0) is 8.04. The van der Waals surface area contributed by atoms with Crippen molar-refractivity contribution in [3.8, 4) is 0 Å². The van der Waals surface area contributed by atoms with Crippen LogP contribution in [0.3, 0.4) is 0 Å². The number of hydrogen-bond donors (Lipinski definition) is 1. The third-order valence-corrected chi connectivity index (χ3v) is 2.77. The molecule has 0 saturated carbocycles. The number of unbranched alkanes of at least 4 members (excludes halogenated alkanes) is 2. The van der Waals surface area contributed by atoms with Crippen LogP contribution in [0.1, 0.15) is 26.2 Å². The van der Waals surface area contributed by atoms with Crippen LogP contribution in [0.2, 0.25) is 0 Å². The molecule has 0 atom stereocenters. The summed E-state index contributed by atoms with van der Waals surface area (Å²) in [7, 11) is 0. The van der Waals surface area contributed by atoms with Crippen molar-refractivity contribution in [1.29, 1.82) is 0 Å². The topological polar surface area (TPSA) is 12.0 Å². The van der Waals surface area contributed by atoms with Gasteiger partial charge in [0.05, 0.1) is 0 Å². The molecule has 0 aliphatic heterocycles. The normalized spacial score (nSPS) is 11.9. The summed E-state index contributed by atoms with van der Waals surface area (Å²) in [5.41, 5.74) is 0. The van der Waals surface area contributed by atoms with E-state index >= 15 is 0 Å². The van der Waals surface area contributed by atoms with Gasteiger partial charge in [0.2, 0.25) is 0 Å². The van der Waals surface area contributed by atoms with Crippen molar-refractivity contribution in [1.82, 2.24) is 5.09 Å². The van der Waals surface area contributed by atoms with Gasteiger partial charge in [-0.3, -0.25) is 5.09 Å². The van der Waals surface area contributed by atoms with Gasteiger partial charge in [-0.1, -0.05) is 42.2 Å². The maximum absolute atomic E-state index is 5.59. The quantitative estimate of drug-likeness (QED) is 0.562. The van der Waals surface area contributed by atoms with Gasteiger partial charge >= 0.3 is 0 Å². The fourth-order valence-electron chi connectivity index (χ4n) is 0.584. The Morgan fingerprint density at radius 1 is 1.40 bits per heavy atom. The van der Waals surface area contributed by atoms with Crippen molar-refractivity contribution in [2.45, 2.75) is 26.2 Å². The molecule has 0 aromatic heterocycles. The molecule has 0 unspecified atom stereocenters. The highest BCUT2D eigenvalue weighted by Gasteiger charge is 2.04. The van der Waals surface area contributed by atoms with Crippen molar-refractivity contribution in [3.63, 3.8) is 0 Å². The van der Waals surface area contributed by atoms with E-state index in [2.05, 4.69) is 12.0 Å². The minimum absolute atomic E-state index is 0.845. The van der Waals surface area contributed by atoms with Gasteiger partial charge in [0.25, 0.3) is 0 Å². The molecule has 0 spiro atoms. The van der Waals surface area contributed by atoms with Crippen molar-refractivity contribution in [2.24, 2.45) is 0 Å². The lowest BCUT2D eigenvalue weighted by Gasteiger charge is -2.06. The van der Waals surface area contributed by atoms with Gasteiger partial charge in [-0.25, -0.2) is 0 Å². The molecule has 0 saturated heterocycles. The molecular formula is C5H12Cl2NPS. The largest absolute Gasteiger partial charge is 0.265 e. The Bertz CT molecular complexity index is 125. The molecule has 0 amide bonds. The van der Waals surface area contributed by atoms with Crippen LogP contribution in [0.5, 0.6) is 0 Å². The van der Waals surface area contributed by atoms with E-state index in [-0.39, 0.29) is 0 Å². The van der Waals surface area contributed by atoms with Crippen LogP contribution in [0.4, 0.5) is 0 Å². The predicted octanol–water partition coefficient (Wildman–Crippen LogP) is 3.47. The lowest BCUT2D eigenvalue weighted by Crippen LogP contribution is -2.05. The van der Waals surface area contributed by atoms with Crippen LogP contribution < -0.4 is 5.09 Å². The van der Waals surface area contributed by atoms with Gasteiger partial charge in [0, 0.05) is 6.54 Å². The lowest BCUT2D eigenvalue weighted by atomic mass is 10.3. The van der Waals surface area contributed by atoms with E-state index in [0.29, 0.717) is 0 Å². The van der Waals surface area contributed by atoms with Gasteiger partial charge in [-0.05, 0) is 18.2 Å². The summed E-state index contributed by atoms with van der Waals surface area (Å²) in [4.78, 5) is -2.18. The summed E-state index contributed by atoms with van der Waals surface area (Å²) in [6.07, 6.45) is 3.51. The molecule has 0 bridgehead atoms. The van der Waals surface area contributed by atoms with Gasteiger partial charge < -0.3 is 0 Å². The molecule has 0 radical (unpaired) electrons. The predicted molar refractivity (Wildman–Crippen MR) is 53.5 cm³/mol. The highest BCUT2D eigenvalue weighted by Crippen LogP contribution is 2.52. The molecule has 5 heteroatoms. The van der Waals surface area contributed by atoms with Crippen molar-refractivity contribution in [2.75, 3.05) is 6.54 Å². The average Bonchev–Trinajstić information content (AvgIpc) is 1.78.